The normalized spacial score (nSPS) is 14.3. The molecule has 3 amide bonds. The van der Waals surface area contributed by atoms with Crippen LogP contribution in [0.3, 0.4) is 0 Å². The van der Waals surface area contributed by atoms with Crippen LogP contribution in [0, 0.1) is 0 Å². The van der Waals surface area contributed by atoms with Crippen LogP contribution < -0.4 is 0 Å². The number of carboxylic acid groups (broad SMARTS) is 1. The number of thioether (sulfide) groups is 1. The molecular formula is C14H19N3O5S. The third-order valence-electron chi connectivity index (χ3n) is 3.04. The van der Waals surface area contributed by atoms with Crippen LogP contribution in [0.2, 0.25) is 0 Å². The van der Waals surface area contributed by atoms with Crippen molar-refractivity contribution in [3.63, 3.8) is 0 Å². The number of hydrogen-bond donors (Lipinski definition) is 1. The molecular weight excluding hydrogens is 322 g/mol. The van der Waals surface area contributed by atoms with Gasteiger partial charge in [-0.3, -0.25) is 19.2 Å². The Morgan fingerprint density at radius 3 is 1.87 bits per heavy atom. The number of nitrogens with zero attached hydrogens (tertiary/aromatic N) is 3. The summed E-state index contributed by atoms with van der Waals surface area (Å²) < 4.78 is 0. The van der Waals surface area contributed by atoms with Gasteiger partial charge in [0.2, 0.25) is 17.7 Å². The number of rotatable bonds is 7. The van der Waals surface area contributed by atoms with E-state index < -0.39 is 5.97 Å². The molecule has 0 unspecified atom stereocenters. The van der Waals surface area contributed by atoms with Crippen molar-refractivity contribution in [2.45, 2.75) is 6.42 Å². The van der Waals surface area contributed by atoms with Crippen LogP contribution in [0.25, 0.3) is 0 Å². The Morgan fingerprint density at radius 2 is 1.43 bits per heavy atom. The molecule has 0 saturated carbocycles. The first-order valence-electron chi connectivity index (χ1n) is 6.79. The van der Waals surface area contributed by atoms with Crippen LogP contribution in [0.1, 0.15) is 6.42 Å². The van der Waals surface area contributed by atoms with Crippen molar-refractivity contribution >= 4 is 35.5 Å². The summed E-state index contributed by atoms with van der Waals surface area (Å²) in [6.45, 7) is 6.98. The largest absolute Gasteiger partial charge is 0.481 e. The average molecular weight is 341 g/mol. The van der Waals surface area contributed by atoms with Gasteiger partial charge in [-0.1, -0.05) is 13.2 Å². The zero-order valence-corrected chi connectivity index (χ0v) is 13.5. The Kier molecular flexibility index (Phi) is 7.33. The smallest absolute Gasteiger partial charge is 0.313 e. The Hall–Kier alpha value is -2.29. The maximum atomic E-state index is 12.2. The van der Waals surface area contributed by atoms with E-state index in [1.54, 1.807) is 0 Å². The second kappa shape index (κ2) is 8.99. The van der Waals surface area contributed by atoms with Gasteiger partial charge in [-0.15, -0.1) is 11.8 Å². The zero-order chi connectivity index (χ0) is 17.4. The number of carbonyl (C=O) groups excluding carboxylic acids is 3. The van der Waals surface area contributed by atoms with Crippen LogP contribution in [0.4, 0.5) is 0 Å². The molecule has 9 heteroatoms. The highest BCUT2D eigenvalue weighted by Crippen LogP contribution is 2.12. The van der Waals surface area contributed by atoms with Gasteiger partial charge in [0.15, 0.2) is 0 Å². The Bertz CT molecular complexity index is 495. The first-order valence-corrected chi connectivity index (χ1v) is 7.94. The van der Waals surface area contributed by atoms with Crippen LogP contribution in [-0.2, 0) is 19.2 Å². The van der Waals surface area contributed by atoms with E-state index in [2.05, 4.69) is 13.2 Å². The molecule has 0 atom stereocenters. The van der Waals surface area contributed by atoms with Crippen LogP contribution in [0.5, 0.6) is 0 Å². The summed E-state index contributed by atoms with van der Waals surface area (Å²) in [5.74, 6) is -1.69. The quantitative estimate of drug-likeness (QED) is 0.514. The second-order valence-corrected chi connectivity index (χ2v) is 5.82. The minimum Gasteiger partial charge on any atom is -0.481 e. The molecule has 0 radical (unpaired) electrons. The number of amides is 3. The third kappa shape index (κ3) is 5.78. The summed E-state index contributed by atoms with van der Waals surface area (Å²) in [6.07, 6.45) is 2.37. The molecule has 0 aromatic rings. The number of aliphatic carboxylic acids is 1. The van der Waals surface area contributed by atoms with E-state index >= 15 is 0 Å². The molecule has 1 heterocycles. The molecule has 1 aliphatic rings. The minimum atomic E-state index is -0.939. The lowest BCUT2D eigenvalue weighted by Gasteiger charge is -2.41. The van der Waals surface area contributed by atoms with Crippen molar-refractivity contribution in [1.29, 1.82) is 0 Å². The first kappa shape index (κ1) is 18.8. The highest BCUT2D eigenvalue weighted by atomic mass is 32.2. The van der Waals surface area contributed by atoms with Gasteiger partial charge in [0.05, 0.1) is 25.8 Å². The van der Waals surface area contributed by atoms with Crippen LogP contribution in [0.15, 0.2) is 25.3 Å². The second-order valence-electron chi connectivity index (χ2n) is 4.72. The van der Waals surface area contributed by atoms with Gasteiger partial charge in [0.25, 0.3) is 0 Å². The van der Waals surface area contributed by atoms with Crippen LogP contribution in [-0.4, -0.2) is 75.0 Å². The molecule has 0 aliphatic carbocycles. The summed E-state index contributed by atoms with van der Waals surface area (Å²) in [4.78, 5) is 50.2. The van der Waals surface area contributed by atoms with Gasteiger partial charge in [-0.25, -0.2) is 0 Å². The van der Waals surface area contributed by atoms with Crippen molar-refractivity contribution in [2.24, 2.45) is 0 Å². The van der Waals surface area contributed by atoms with E-state index in [0.717, 1.165) is 23.9 Å². The average Bonchev–Trinajstić information content (AvgIpc) is 2.56. The lowest BCUT2D eigenvalue weighted by atomic mass is 10.3. The molecule has 8 nitrogen and oxygen atoms in total. The van der Waals surface area contributed by atoms with Gasteiger partial charge in [0, 0.05) is 12.2 Å². The van der Waals surface area contributed by atoms with E-state index in [1.165, 1.54) is 14.7 Å². The molecule has 126 valence electrons. The molecule has 1 N–H and O–H groups in total. The maximum Gasteiger partial charge on any atom is 0.313 e. The lowest BCUT2D eigenvalue weighted by Crippen LogP contribution is -2.59. The van der Waals surface area contributed by atoms with E-state index in [0.29, 0.717) is 5.75 Å². The highest BCUT2D eigenvalue weighted by Gasteiger charge is 2.29. The minimum absolute atomic E-state index is 0.0627. The fourth-order valence-electron chi connectivity index (χ4n) is 1.92. The highest BCUT2D eigenvalue weighted by molar-refractivity contribution is 7.99. The summed E-state index contributed by atoms with van der Waals surface area (Å²) in [5.41, 5.74) is 0. The van der Waals surface area contributed by atoms with Gasteiger partial charge in [-0.05, 0) is 12.2 Å². The summed E-state index contributed by atoms with van der Waals surface area (Å²) in [7, 11) is 0. The topological polar surface area (TPSA) is 98.2 Å². The molecule has 1 rings (SSSR count). The summed E-state index contributed by atoms with van der Waals surface area (Å²) in [6, 6.07) is 0. The van der Waals surface area contributed by atoms with E-state index in [-0.39, 0.29) is 49.9 Å². The maximum absolute atomic E-state index is 12.2. The molecule has 0 aromatic heterocycles. The molecule has 1 fully saturated rings. The van der Waals surface area contributed by atoms with E-state index in [1.807, 2.05) is 0 Å². The molecule has 23 heavy (non-hydrogen) atoms. The number of carboxylic acids is 1. The molecule has 1 saturated heterocycles. The first-order chi connectivity index (χ1) is 10.9. The molecule has 1 aliphatic heterocycles. The third-order valence-corrected chi connectivity index (χ3v) is 3.98. The SMILES string of the molecule is C=CC(=O)N1CN(C(=O)C=C)CN(C(=O)CCSCC(=O)O)C1. The fourth-order valence-corrected chi connectivity index (χ4v) is 2.56. The van der Waals surface area contributed by atoms with Crippen molar-refractivity contribution in [3.05, 3.63) is 25.3 Å². The number of carbonyl (C=O) groups is 4. The van der Waals surface area contributed by atoms with Gasteiger partial charge in [-0.2, -0.15) is 0 Å². The molecule has 0 bridgehead atoms. The van der Waals surface area contributed by atoms with Crippen LogP contribution >= 0.6 is 11.8 Å². The Morgan fingerprint density at radius 1 is 0.957 bits per heavy atom. The van der Waals surface area contributed by atoms with E-state index in [4.69, 9.17) is 5.11 Å². The lowest BCUT2D eigenvalue weighted by molar-refractivity contribution is -0.154. The van der Waals surface area contributed by atoms with Crippen molar-refractivity contribution in [2.75, 3.05) is 31.5 Å². The predicted octanol–water partition coefficient (Wildman–Crippen LogP) is -0.0618. The summed E-state index contributed by atoms with van der Waals surface area (Å²) in [5, 5.41) is 8.55. The molecule has 0 aromatic carbocycles. The van der Waals surface area contributed by atoms with Gasteiger partial charge in [0.1, 0.15) is 0 Å². The standard InChI is InChI=1S/C14H19N3O5S/c1-3-11(18)15-8-16(12(19)4-2)10-17(9-15)13(20)5-6-23-7-14(21)22/h3-4H,1-2,5-10H2,(H,21,22). The monoisotopic (exact) mass is 341 g/mol. The fraction of sp³-hybridized carbons (Fsp3) is 0.429. The van der Waals surface area contributed by atoms with E-state index in [9.17, 15) is 19.2 Å². The summed E-state index contributed by atoms with van der Waals surface area (Å²) >= 11 is 1.14. The van der Waals surface area contributed by atoms with Crippen molar-refractivity contribution in [3.8, 4) is 0 Å². The predicted molar refractivity (Wildman–Crippen MR) is 85.1 cm³/mol. The van der Waals surface area contributed by atoms with Gasteiger partial charge < -0.3 is 19.8 Å². The van der Waals surface area contributed by atoms with Crippen molar-refractivity contribution in [1.82, 2.24) is 14.7 Å². The Labute approximate surface area is 138 Å². The van der Waals surface area contributed by atoms with Gasteiger partial charge >= 0.3 is 5.97 Å². The Balaban J connectivity index is 2.66. The molecule has 0 spiro atoms. The van der Waals surface area contributed by atoms with Crippen molar-refractivity contribution < 1.29 is 24.3 Å². The zero-order valence-electron chi connectivity index (χ0n) is 12.6. The number of hydrogen-bond acceptors (Lipinski definition) is 5.